The largest absolute Gasteiger partial charge is 0.425 e. The van der Waals surface area contributed by atoms with Crippen molar-refractivity contribution in [3.05, 3.63) is 0 Å². The third-order valence-corrected chi connectivity index (χ3v) is 3.71. The van der Waals surface area contributed by atoms with Gasteiger partial charge in [0.15, 0.2) is 0 Å². The summed E-state index contributed by atoms with van der Waals surface area (Å²) in [7, 11) is 0. The van der Waals surface area contributed by atoms with Crippen LogP contribution in [-0.4, -0.2) is 29.3 Å². The van der Waals surface area contributed by atoms with E-state index in [0.29, 0.717) is 18.6 Å². The molecule has 0 aromatic rings. The lowest BCUT2D eigenvalue weighted by Gasteiger charge is -2.32. The van der Waals surface area contributed by atoms with Gasteiger partial charge in [0, 0.05) is 0 Å². The van der Waals surface area contributed by atoms with Crippen LogP contribution in [0.15, 0.2) is 0 Å². The minimum atomic E-state index is -5.48. The van der Waals surface area contributed by atoms with E-state index in [2.05, 4.69) is 0 Å². The van der Waals surface area contributed by atoms with Gasteiger partial charge in [0.2, 0.25) is 0 Å². The van der Waals surface area contributed by atoms with Gasteiger partial charge in [-0.2, -0.15) is 24.9 Å². The molecule has 0 saturated carbocycles. The summed E-state index contributed by atoms with van der Waals surface area (Å²) in [5, 5.41) is -1.55. The smallest absolute Gasteiger partial charge is 0.231 e. The first-order valence-corrected chi connectivity index (χ1v) is 5.51. The normalized spacial score (nSPS) is 26.4. The minimum Gasteiger partial charge on any atom is -0.231 e. The number of alkyl halides is 6. The summed E-state index contributed by atoms with van der Waals surface area (Å²) in [5.74, 6) is -3.95. The van der Waals surface area contributed by atoms with Crippen LogP contribution in [0.3, 0.4) is 0 Å². The Hall–Kier alpha value is -0.0700. The molecule has 1 fully saturated rings. The lowest BCUT2D eigenvalue weighted by atomic mass is 10.0. The summed E-state index contributed by atoms with van der Waals surface area (Å²) in [4.78, 5) is 0. The standard InChI is InChI=1S/C8H10F6S/c9-6(8(12,13)14)7(10,11)5-3-1-2-4-15-5/h5-6H,1-4H2. The average molecular weight is 252 g/mol. The molecule has 7 heteroatoms. The van der Waals surface area contributed by atoms with Gasteiger partial charge in [-0.25, -0.2) is 13.2 Å². The molecule has 90 valence electrons. The molecule has 0 bridgehead atoms. The Morgan fingerprint density at radius 2 is 1.67 bits per heavy atom. The number of hydrogen-bond donors (Lipinski definition) is 0. The van der Waals surface area contributed by atoms with Crippen molar-refractivity contribution in [2.75, 3.05) is 5.75 Å². The van der Waals surface area contributed by atoms with E-state index in [1.165, 1.54) is 0 Å². The Morgan fingerprint density at radius 1 is 1.07 bits per heavy atom. The van der Waals surface area contributed by atoms with Gasteiger partial charge in [-0.1, -0.05) is 6.42 Å². The molecule has 15 heavy (non-hydrogen) atoms. The van der Waals surface area contributed by atoms with E-state index in [-0.39, 0.29) is 6.42 Å². The van der Waals surface area contributed by atoms with Crippen LogP contribution in [0.4, 0.5) is 26.3 Å². The van der Waals surface area contributed by atoms with Crippen LogP contribution in [0.5, 0.6) is 0 Å². The lowest BCUT2D eigenvalue weighted by Crippen LogP contribution is -2.49. The number of rotatable bonds is 2. The van der Waals surface area contributed by atoms with E-state index in [0.717, 1.165) is 11.8 Å². The van der Waals surface area contributed by atoms with Gasteiger partial charge in [-0.3, -0.25) is 0 Å². The fraction of sp³-hybridized carbons (Fsp3) is 1.00. The molecular weight excluding hydrogens is 242 g/mol. The first-order valence-electron chi connectivity index (χ1n) is 4.46. The topological polar surface area (TPSA) is 0 Å². The van der Waals surface area contributed by atoms with Crippen molar-refractivity contribution in [3.8, 4) is 0 Å². The highest BCUT2D eigenvalue weighted by atomic mass is 32.2. The van der Waals surface area contributed by atoms with Crippen molar-refractivity contribution >= 4 is 11.8 Å². The van der Waals surface area contributed by atoms with Gasteiger partial charge in [-0.05, 0) is 18.6 Å². The van der Waals surface area contributed by atoms with Crippen molar-refractivity contribution in [1.82, 2.24) is 0 Å². The molecule has 1 heterocycles. The molecule has 2 atom stereocenters. The van der Waals surface area contributed by atoms with Crippen LogP contribution in [0.2, 0.25) is 0 Å². The highest BCUT2D eigenvalue weighted by Crippen LogP contribution is 2.44. The van der Waals surface area contributed by atoms with Crippen molar-refractivity contribution in [3.63, 3.8) is 0 Å². The Morgan fingerprint density at radius 3 is 2.07 bits per heavy atom. The molecule has 0 spiro atoms. The number of hydrogen-bond acceptors (Lipinski definition) is 1. The van der Waals surface area contributed by atoms with Crippen LogP contribution >= 0.6 is 11.8 Å². The quantitative estimate of drug-likeness (QED) is 0.673. The molecule has 0 nitrogen and oxygen atoms in total. The van der Waals surface area contributed by atoms with Crippen molar-refractivity contribution < 1.29 is 26.3 Å². The van der Waals surface area contributed by atoms with Crippen molar-refractivity contribution in [2.24, 2.45) is 0 Å². The predicted molar refractivity (Wildman–Crippen MR) is 46.0 cm³/mol. The average Bonchev–Trinajstić information content (AvgIpc) is 2.16. The van der Waals surface area contributed by atoms with Gasteiger partial charge in [0.05, 0.1) is 5.25 Å². The summed E-state index contributed by atoms with van der Waals surface area (Å²) in [5.41, 5.74) is 0. The molecule has 0 radical (unpaired) electrons. The molecule has 0 aromatic heterocycles. The van der Waals surface area contributed by atoms with E-state index in [9.17, 15) is 26.3 Å². The maximum atomic E-state index is 13.1. The molecule has 0 amide bonds. The third kappa shape index (κ3) is 2.95. The van der Waals surface area contributed by atoms with E-state index >= 15 is 0 Å². The Bertz CT molecular complexity index is 208. The highest BCUT2D eigenvalue weighted by molar-refractivity contribution is 8.00. The maximum absolute atomic E-state index is 13.1. The molecule has 0 aliphatic carbocycles. The van der Waals surface area contributed by atoms with Gasteiger partial charge >= 0.3 is 6.18 Å². The van der Waals surface area contributed by atoms with Crippen LogP contribution in [0.25, 0.3) is 0 Å². The zero-order valence-electron chi connectivity index (χ0n) is 7.66. The first kappa shape index (κ1) is 13.0. The predicted octanol–water partition coefficient (Wildman–Crippen LogP) is 3.81. The van der Waals surface area contributed by atoms with Gasteiger partial charge < -0.3 is 0 Å². The molecule has 0 aromatic carbocycles. The summed E-state index contributed by atoms with van der Waals surface area (Å²) < 4.78 is 74.3. The van der Waals surface area contributed by atoms with Crippen LogP contribution in [-0.2, 0) is 0 Å². The minimum absolute atomic E-state index is 0.0613. The summed E-state index contributed by atoms with van der Waals surface area (Å²) in [6, 6.07) is 0. The molecule has 0 N–H and O–H groups in total. The van der Waals surface area contributed by atoms with Crippen LogP contribution in [0, 0.1) is 0 Å². The van der Waals surface area contributed by atoms with Gasteiger partial charge in [0.1, 0.15) is 0 Å². The SMILES string of the molecule is FC(C(F)(F)F)C(F)(F)C1CCCCS1. The zero-order chi connectivity index (χ0) is 11.7. The fourth-order valence-electron chi connectivity index (χ4n) is 1.43. The summed E-state index contributed by atoms with van der Waals surface area (Å²) >= 11 is 0.725. The van der Waals surface area contributed by atoms with Crippen molar-refractivity contribution in [2.45, 2.75) is 42.8 Å². The van der Waals surface area contributed by atoms with E-state index in [4.69, 9.17) is 0 Å². The van der Waals surface area contributed by atoms with Crippen LogP contribution in [0.1, 0.15) is 19.3 Å². The third-order valence-electron chi connectivity index (χ3n) is 2.23. The fourth-order valence-corrected chi connectivity index (χ4v) is 2.76. The molecule has 1 aliphatic heterocycles. The number of thioether (sulfide) groups is 1. The van der Waals surface area contributed by atoms with Crippen molar-refractivity contribution in [1.29, 1.82) is 0 Å². The summed E-state index contributed by atoms with van der Waals surface area (Å²) in [6.45, 7) is 0. The lowest BCUT2D eigenvalue weighted by molar-refractivity contribution is -0.244. The Balaban J connectivity index is 2.71. The Labute approximate surface area is 87.4 Å². The second kappa shape index (κ2) is 4.43. The molecule has 2 unspecified atom stereocenters. The highest BCUT2D eigenvalue weighted by Gasteiger charge is 2.60. The van der Waals surface area contributed by atoms with Gasteiger partial charge in [-0.15, -0.1) is 0 Å². The van der Waals surface area contributed by atoms with E-state index in [1.807, 2.05) is 0 Å². The molecule has 1 rings (SSSR count). The van der Waals surface area contributed by atoms with Crippen LogP contribution < -0.4 is 0 Å². The Kier molecular flexibility index (Phi) is 3.84. The van der Waals surface area contributed by atoms with E-state index in [1.54, 1.807) is 0 Å². The second-order valence-electron chi connectivity index (χ2n) is 3.43. The molecular formula is C8H10F6S. The monoisotopic (exact) mass is 252 g/mol. The molecule has 1 aliphatic rings. The van der Waals surface area contributed by atoms with E-state index < -0.39 is 23.5 Å². The maximum Gasteiger partial charge on any atom is 0.425 e. The second-order valence-corrected chi connectivity index (χ2v) is 4.74. The molecule has 1 saturated heterocycles. The summed E-state index contributed by atoms with van der Waals surface area (Å²) in [6.07, 6.45) is -8.48. The number of halogens is 6. The van der Waals surface area contributed by atoms with Gasteiger partial charge in [0.25, 0.3) is 12.1 Å². The first-order chi connectivity index (χ1) is 6.76. The zero-order valence-corrected chi connectivity index (χ0v) is 8.48.